The Hall–Kier alpha value is -3.12. The van der Waals surface area contributed by atoms with E-state index in [-0.39, 0.29) is 23.7 Å². The maximum absolute atomic E-state index is 12.6. The zero-order valence-electron chi connectivity index (χ0n) is 19.6. The Bertz CT molecular complexity index is 1300. The first-order chi connectivity index (χ1) is 18.0. The number of aliphatic carboxylic acids is 2. The third kappa shape index (κ3) is 11.3. The number of anilines is 2. The van der Waals surface area contributed by atoms with Crippen LogP contribution >= 0.6 is 27.5 Å². The third-order valence-electron chi connectivity index (χ3n) is 4.52. The summed E-state index contributed by atoms with van der Waals surface area (Å²) in [5, 5.41) is 31.1. The van der Waals surface area contributed by atoms with Gasteiger partial charge in [0, 0.05) is 11.0 Å². The molecule has 2 aromatic carbocycles. The lowest BCUT2D eigenvalue weighted by molar-refractivity contribution is -0.192. The van der Waals surface area contributed by atoms with Gasteiger partial charge in [-0.2, -0.15) is 13.2 Å². The number of carboxylic acid groups (broad SMARTS) is 2. The van der Waals surface area contributed by atoms with Gasteiger partial charge in [-0.1, -0.05) is 30.2 Å². The van der Waals surface area contributed by atoms with Crippen LogP contribution in [-0.2, 0) is 19.6 Å². The van der Waals surface area contributed by atoms with Gasteiger partial charge in [-0.05, 0) is 53.0 Å². The lowest BCUT2D eigenvalue weighted by atomic mass is 10.1. The summed E-state index contributed by atoms with van der Waals surface area (Å²) < 4.78 is 59.9. The molecule has 0 saturated carbocycles. The van der Waals surface area contributed by atoms with Crippen LogP contribution in [0.5, 0.6) is 5.75 Å². The topological polar surface area (TPSA) is 208 Å². The van der Waals surface area contributed by atoms with Crippen LogP contribution in [0.25, 0.3) is 0 Å². The number of phenolic OH excluding ortho intramolecular Hbond substituents is 1. The fourth-order valence-corrected chi connectivity index (χ4v) is 4.72. The highest BCUT2D eigenvalue weighted by Gasteiger charge is 2.38. The number of hydrogen-bond donors (Lipinski definition) is 7. The minimum Gasteiger partial charge on any atom is -0.504 e. The van der Waals surface area contributed by atoms with Gasteiger partial charge < -0.3 is 31.7 Å². The van der Waals surface area contributed by atoms with Gasteiger partial charge in [-0.3, -0.25) is 4.79 Å². The number of halogens is 5. The molecule has 0 heterocycles. The fraction of sp³-hybridized carbons (Fsp3) is 0.286. The van der Waals surface area contributed by atoms with Crippen LogP contribution in [0.1, 0.15) is 19.3 Å². The van der Waals surface area contributed by atoms with Crippen molar-refractivity contribution in [3.8, 4) is 5.75 Å². The summed E-state index contributed by atoms with van der Waals surface area (Å²) >= 11 is 9.28. The van der Waals surface area contributed by atoms with Gasteiger partial charge in [0.05, 0.1) is 16.4 Å². The first-order valence-corrected chi connectivity index (χ1v) is 13.2. The number of nitrogens with two attached hydrogens (primary N) is 1. The molecule has 0 spiro atoms. The quantitative estimate of drug-likeness (QED) is 0.145. The smallest absolute Gasteiger partial charge is 0.490 e. The zero-order chi connectivity index (χ0) is 30.0. The molecule has 0 aliphatic carbocycles. The number of carbonyl (C=O) groups is 3. The molecule has 2 aromatic rings. The number of amides is 2. The summed E-state index contributed by atoms with van der Waals surface area (Å²) in [5.41, 5.74) is 5.71. The second kappa shape index (κ2) is 14.9. The number of rotatable bonds is 10. The molecule has 39 heavy (non-hydrogen) atoms. The first kappa shape index (κ1) is 33.9. The fourth-order valence-electron chi connectivity index (χ4n) is 2.63. The molecule has 1 atom stereocenters. The van der Waals surface area contributed by atoms with Crippen molar-refractivity contribution in [3.05, 3.63) is 45.9 Å². The molecule has 0 aliphatic rings. The maximum Gasteiger partial charge on any atom is 0.490 e. The summed E-state index contributed by atoms with van der Waals surface area (Å²) in [6.07, 6.45) is -4.19. The number of para-hydroxylation sites is 1. The summed E-state index contributed by atoms with van der Waals surface area (Å²) in [6.45, 7) is -0.0232. The Kier molecular flexibility index (Phi) is 12.9. The number of carbonyl (C=O) groups excluding carboxylic acids is 1. The van der Waals surface area contributed by atoms with Gasteiger partial charge >= 0.3 is 24.1 Å². The monoisotopic (exact) mass is 662 g/mol. The van der Waals surface area contributed by atoms with E-state index in [1.165, 1.54) is 12.1 Å². The van der Waals surface area contributed by atoms with Crippen molar-refractivity contribution in [2.75, 3.05) is 17.2 Å². The van der Waals surface area contributed by atoms with Crippen molar-refractivity contribution < 1.29 is 51.3 Å². The van der Waals surface area contributed by atoms with Gasteiger partial charge in [-0.25, -0.2) is 22.7 Å². The minimum absolute atomic E-state index is 0.0232. The first-order valence-electron chi connectivity index (χ1n) is 10.6. The highest BCUT2D eigenvalue weighted by molar-refractivity contribution is 9.10. The van der Waals surface area contributed by atoms with E-state index in [9.17, 15) is 36.3 Å². The Morgan fingerprint density at radius 3 is 2.13 bits per heavy atom. The van der Waals surface area contributed by atoms with E-state index in [2.05, 4.69) is 31.3 Å². The largest absolute Gasteiger partial charge is 0.504 e. The Balaban J connectivity index is 0.000000956. The molecule has 1 unspecified atom stereocenters. The molecule has 0 radical (unpaired) electrons. The van der Waals surface area contributed by atoms with E-state index in [4.69, 9.17) is 32.3 Å². The van der Waals surface area contributed by atoms with Crippen molar-refractivity contribution in [2.45, 2.75) is 36.4 Å². The van der Waals surface area contributed by atoms with Gasteiger partial charge in [0.15, 0.2) is 5.75 Å². The number of hydrogen-bond acceptors (Lipinski definition) is 7. The van der Waals surface area contributed by atoms with Crippen molar-refractivity contribution in [1.82, 2.24) is 4.72 Å². The minimum atomic E-state index is -5.08. The molecule has 2 amide bonds. The highest BCUT2D eigenvalue weighted by atomic mass is 79.9. The third-order valence-corrected chi connectivity index (χ3v) is 7.17. The summed E-state index contributed by atoms with van der Waals surface area (Å²) in [5.74, 6) is -4.61. The zero-order valence-corrected chi connectivity index (χ0v) is 22.8. The number of benzene rings is 2. The molecule has 0 fully saturated rings. The van der Waals surface area contributed by atoms with Gasteiger partial charge in [0.25, 0.3) is 0 Å². The van der Waals surface area contributed by atoms with Crippen LogP contribution in [-0.4, -0.2) is 60.5 Å². The number of sulfonamides is 1. The SMILES string of the molecule is NC(CCCCNS(=O)(=O)c1c(Cl)ccc(NC(=O)Nc2ccccc2Br)c1O)C(=O)O.O=C(O)C(F)(F)F. The van der Waals surface area contributed by atoms with Crippen LogP contribution in [0.2, 0.25) is 5.02 Å². The number of alkyl halides is 3. The van der Waals surface area contributed by atoms with Gasteiger partial charge in [-0.15, -0.1) is 0 Å². The standard InChI is InChI=1S/C19H22BrClN4O6S.C2HF3O2/c20-11-5-1-2-7-14(11)24-19(29)25-15-9-8-12(21)17(16(15)26)32(30,31)23-10-4-3-6-13(22)18(27)28;3-2(4,5)1(6)7/h1-2,5,7-9,13,23,26H,3-4,6,10,22H2,(H,27,28)(H2,24,25,29);(H,6,7). The number of carboxylic acids is 2. The van der Waals surface area contributed by atoms with Crippen molar-refractivity contribution in [1.29, 1.82) is 0 Å². The second-order valence-corrected chi connectivity index (χ2v) is 10.4. The maximum atomic E-state index is 12.6. The molecule has 2 rings (SSSR count). The summed E-state index contributed by atoms with van der Waals surface area (Å²) in [4.78, 5) is 31.3. The Morgan fingerprint density at radius 1 is 1.03 bits per heavy atom. The number of phenols is 1. The van der Waals surface area contributed by atoms with Crippen molar-refractivity contribution in [2.24, 2.45) is 5.73 Å². The van der Waals surface area contributed by atoms with E-state index >= 15 is 0 Å². The molecule has 8 N–H and O–H groups in total. The number of unbranched alkanes of at least 4 members (excludes halogenated alkanes) is 1. The molecule has 216 valence electrons. The lowest BCUT2D eigenvalue weighted by Gasteiger charge is -2.15. The molecule has 0 saturated heterocycles. The van der Waals surface area contributed by atoms with Crippen molar-refractivity contribution in [3.63, 3.8) is 0 Å². The van der Waals surface area contributed by atoms with E-state index in [1.807, 2.05) is 0 Å². The molecular formula is C21H23BrClF3N4O8S. The van der Waals surface area contributed by atoms with E-state index < -0.39 is 50.9 Å². The predicted molar refractivity (Wildman–Crippen MR) is 138 cm³/mol. The number of aromatic hydroxyl groups is 1. The second-order valence-electron chi connectivity index (χ2n) is 7.47. The number of urea groups is 1. The normalized spacial score (nSPS) is 12.1. The Morgan fingerprint density at radius 2 is 1.59 bits per heavy atom. The molecule has 0 aliphatic heterocycles. The lowest BCUT2D eigenvalue weighted by Crippen LogP contribution is -2.30. The van der Waals surface area contributed by atoms with E-state index in [0.717, 1.165) is 0 Å². The average molecular weight is 664 g/mol. The molecule has 18 heteroatoms. The number of nitrogens with one attached hydrogen (secondary N) is 3. The Labute approximate surface area is 233 Å². The average Bonchev–Trinajstić information content (AvgIpc) is 2.81. The highest BCUT2D eigenvalue weighted by Crippen LogP contribution is 2.37. The summed E-state index contributed by atoms with van der Waals surface area (Å²) in [6, 6.07) is 7.63. The van der Waals surface area contributed by atoms with Gasteiger partial charge in [0.1, 0.15) is 10.9 Å². The van der Waals surface area contributed by atoms with E-state index in [0.29, 0.717) is 23.0 Å². The molecule has 12 nitrogen and oxygen atoms in total. The van der Waals surface area contributed by atoms with E-state index in [1.54, 1.807) is 24.3 Å². The predicted octanol–water partition coefficient (Wildman–Crippen LogP) is 3.95. The van der Waals surface area contributed by atoms with Crippen molar-refractivity contribution >= 4 is 66.9 Å². The summed E-state index contributed by atoms with van der Waals surface area (Å²) in [7, 11) is -4.22. The molecular weight excluding hydrogens is 641 g/mol. The van der Waals surface area contributed by atoms with Crippen LogP contribution in [0, 0.1) is 0 Å². The van der Waals surface area contributed by atoms with Crippen LogP contribution in [0.4, 0.5) is 29.3 Å². The van der Waals surface area contributed by atoms with Gasteiger partial charge in [0.2, 0.25) is 10.0 Å². The van der Waals surface area contributed by atoms with Crippen LogP contribution < -0.4 is 21.1 Å². The molecule has 0 aromatic heterocycles. The van der Waals surface area contributed by atoms with Crippen LogP contribution in [0.3, 0.4) is 0 Å². The van der Waals surface area contributed by atoms with Crippen LogP contribution in [0.15, 0.2) is 45.8 Å². The molecule has 0 bridgehead atoms.